The van der Waals surface area contributed by atoms with Crippen LogP contribution in [0, 0.1) is 0 Å². The molecule has 5 aromatic rings. The van der Waals surface area contributed by atoms with E-state index in [1.165, 1.54) is 22.9 Å². The van der Waals surface area contributed by atoms with E-state index in [0.717, 1.165) is 40.0 Å². The Balaban J connectivity index is 1.51. The van der Waals surface area contributed by atoms with Crippen LogP contribution in [0.25, 0.3) is 22.3 Å². The van der Waals surface area contributed by atoms with E-state index >= 15 is 0 Å². The van der Waals surface area contributed by atoms with Crippen LogP contribution in [0.1, 0.15) is 16.7 Å². The Bertz CT molecular complexity index is 1290. The molecule has 0 N–H and O–H groups in total. The molecule has 5 rings (SSSR count). The fourth-order valence-corrected chi connectivity index (χ4v) is 4.14. The van der Waals surface area contributed by atoms with Gasteiger partial charge in [-0.15, -0.1) is 0 Å². The molecule has 6 heteroatoms. The summed E-state index contributed by atoms with van der Waals surface area (Å²) in [6, 6.07) is 24.7. The van der Waals surface area contributed by atoms with Crippen LogP contribution < -0.4 is 4.74 Å². The van der Waals surface area contributed by atoms with Crippen LogP contribution in [0.5, 0.6) is 5.75 Å². The lowest BCUT2D eigenvalue weighted by molar-refractivity contribution is 0.414. The summed E-state index contributed by atoms with van der Waals surface area (Å²) in [5.41, 5.74) is 7.56. The summed E-state index contributed by atoms with van der Waals surface area (Å²) in [5, 5.41) is 4.93. The van der Waals surface area contributed by atoms with Crippen molar-refractivity contribution in [2.45, 2.75) is 13.0 Å². The first-order valence-electron chi connectivity index (χ1n) is 9.74. The molecule has 30 heavy (non-hydrogen) atoms. The van der Waals surface area contributed by atoms with Gasteiger partial charge in [0, 0.05) is 23.7 Å². The summed E-state index contributed by atoms with van der Waals surface area (Å²) in [6.07, 6.45) is 2.93. The van der Waals surface area contributed by atoms with Crippen LogP contribution in [0.15, 0.2) is 79.0 Å². The monoisotopic (exact) mass is 412 g/mol. The Morgan fingerprint density at radius 1 is 0.867 bits per heavy atom. The Labute approximate surface area is 178 Å². The van der Waals surface area contributed by atoms with Crippen molar-refractivity contribution in [1.82, 2.24) is 18.5 Å². The smallest absolute Gasteiger partial charge is 0.119 e. The van der Waals surface area contributed by atoms with Gasteiger partial charge in [0.1, 0.15) is 16.8 Å². The first-order valence-corrected chi connectivity index (χ1v) is 10.5. The van der Waals surface area contributed by atoms with Gasteiger partial charge in [-0.3, -0.25) is 4.68 Å². The molecule has 0 atom stereocenters. The Morgan fingerprint density at radius 3 is 2.60 bits per heavy atom. The number of ether oxygens (including phenoxy) is 1. The van der Waals surface area contributed by atoms with E-state index in [2.05, 4.69) is 45.3 Å². The van der Waals surface area contributed by atoms with Gasteiger partial charge in [0.15, 0.2) is 0 Å². The van der Waals surface area contributed by atoms with Gasteiger partial charge >= 0.3 is 0 Å². The second kappa shape index (κ2) is 8.08. The second-order valence-electron chi connectivity index (χ2n) is 7.18. The molecule has 0 radical (unpaired) electrons. The lowest BCUT2D eigenvalue weighted by Gasteiger charge is -2.04. The highest BCUT2D eigenvalue weighted by molar-refractivity contribution is 7.00. The first kappa shape index (κ1) is 18.5. The van der Waals surface area contributed by atoms with Gasteiger partial charge < -0.3 is 4.74 Å². The first-order chi connectivity index (χ1) is 14.8. The van der Waals surface area contributed by atoms with Crippen molar-refractivity contribution in [1.29, 1.82) is 0 Å². The zero-order valence-electron chi connectivity index (χ0n) is 16.5. The van der Waals surface area contributed by atoms with Gasteiger partial charge in [0.2, 0.25) is 0 Å². The molecule has 0 amide bonds. The lowest BCUT2D eigenvalue weighted by Crippen LogP contribution is -2.00. The lowest BCUT2D eigenvalue weighted by atomic mass is 10.0. The number of nitrogens with zero attached hydrogens (tertiary/aromatic N) is 4. The summed E-state index contributed by atoms with van der Waals surface area (Å²) >= 11 is 1.25. The summed E-state index contributed by atoms with van der Waals surface area (Å²) in [4.78, 5) is 0. The molecule has 2 heterocycles. The Hall–Kier alpha value is -3.51. The fraction of sp³-hybridized carbons (Fsp3) is 0.125. The van der Waals surface area contributed by atoms with Gasteiger partial charge in [-0.25, -0.2) is 0 Å². The predicted molar refractivity (Wildman–Crippen MR) is 120 cm³/mol. The standard InChI is InChI=1S/C24H20N4OS/c1-29-21-9-5-6-18(13-21)15-28-16-20(24(25-28)19-7-3-2-4-8-19)12-17-10-11-22-23(14-17)27-30-26-22/h2-11,13-14,16H,12,15H2,1H3. The number of methoxy groups -OCH3 is 1. The van der Waals surface area contributed by atoms with Crippen LogP contribution in [0.4, 0.5) is 0 Å². The highest BCUT2D eigenvalue weighted by Gasteiger charge is 2.13. The third-order valence-electron chi connectivity index (χ3n) is 5.08. The van der Waals surface area contributed by atoms with E-state index in [0.29, 0.717) is 6.54 Å². The van der Waals surface area contributed by atoms with Gasteiger partial charge in [0.05, 0.1) is 31.1 Å². The van der Waals surface area contributed by atoms with E-state index in [4.69, 9.17) is 9.84 Å². The minimum absolute atomic E-state index is 0.687. The molecule has 0 unspecified atom stereocenters. The number of rotatable bonds is 6. The Kier molecular flexibility index (Phi) is 4.99. The van der Waals surface area contributed by atoms with Crippen molar-refractivity contribution in [3.63, 3.8) is 0 Å². The minimum atomic E-state index is 0.687. The van der Waals surface area contributed by atoms with E-state index in [9.17, 15) is 0 Å². The normalized spacial score (nSPS) is 11.1. The average molecular weight is 413 g/mol. The Morgan fingerprint density at radius 2 is 1.73 bits per heavy atom. The molecule has 2 aromatic heterocycles. The molecule has 148 valence electrons. The highest BCUT2D eigenvalue weighted by atomic mass is 32.1. The van der Waals surface area contributed by atoms with Gasteiger partial charge in [-0.2, -0.15) is 13.8 Å². The van der Waals surface area contributed by atoms with Crippen LogP contribution in [-0.4, -0.2) is 25.6 Å². The average Bonchev–Trinajstić information content (AvgIpc) is 3.41. The number of aromatic nitrogens is 4. The predicted octanol–water partition coefficient (Wildman–Crippen LogP) is 5.20. The molecule has 0 spiro atoms. The highest BCUT2D eigenvalue weighted by Crippen LogP contribution is 2.26. The van der Waals surface area contributed by atoms with E-state index in [-0.39, 0.29) is 0 Å². The van der Waals surface area contributed by atoms with Crippen LogP contribution in [0.2, 0.25) is 0 Å². The maximum absolute atomic E-state index is 5.36. The van der Waals surface area contributed by atoms with Crippen LogP contribution >= 0.6 is 11.7 Å². The van der Waals surface area contributed by atoms with E-state index in [1.54, 1.807) is 7.11 Å². The van der Waals surface area contributed by atoms with Crippen molar-refractivity contribution < 1.29 is 4.74 Å². The number of benzene rings is 3. The molecule has 0 aliphatic carbocycles. The largest absolute Gasteiger partial charge is 0.497 e. The van der Waals surface area contributed by atoms with Crippen molar-refractivity contribution in [3.8, 4) is 17.0 Å². The molecule has 0 aliphatic heterocycles. The van der Waals surface area contributed by atoms with Gasteiger partial charge in [-0.05, 0) is 35.4 Å². The summed E-state index contributed by atoms with van der Waals surface area (Å²) in [5.74, 6) is 0.855. The maximum atomic E-state index is 5.36. The van der Waals surface area contributed by atoms with Crippen LogP contribution in [0.3, 0.4) is 0 Å². The molecule has 3 aromatic carbocycles. The third kappa shape index (κ3) is 3.82. The van der Waals surface area contributed by atoms with Gasteiger partial charge in [0.25, 0.3) is 0 Å². The molecule has 0 saturated carbocycles. The molecule has 0 saturated heterocycles. The maximum Gasteiger partial charge on any atom is 0.119 e. The summed E-state index contributed by atoms with van der Waals surface area (Å²) < 4.78 is 16.0. The minimum Gasteiger partial charge on any atom is -0.497 e. The fourth-order valence-electron chi connectivity index (χ4n) is 3.63. The van der Waals surface area contributed by atoms with Crippen molar-refractivity contribution in [3.05, 3.63) is 95.7 Å². The molecule has 0 aliphatic rings. The second-order valence-corrected chi connectivity index (χ2v) is 7.71. The zero-order chi connectivity index (χ0) is 20.3. The summed E-state index contributed by atoms with van der Waals surface area (Å²) in [7, 11) is 1.69. The number of hydrogen-bond acceptors (Lipinski definition) is 5. The van der Waals surface area contributed by atoms with Crippen molar-refractivity contribution >= 4 is 22.8 Å². The molecular weight excluding hydrogens is 392 g/mol. The van der Waals surface area contributed by atoms with E-state index in [1.807, 2.05) is 47.1 Å². The topological polar surface area (TPSA) is 52.8 Å². The van der Waals surface area contributed by atoms with Gasteiger partial charge in [-0.1, -0.05) is 48.5 Å². The molecule has 0 fully saturated rings. The van der Waals surface area contributed by atoms with Crippen LogP contribution in [-0.2, 0) is 13.0 Å². The summed E-state index contributed by atoms with van der Waals surface area (Å²) in [6.45, 7) is 0.687. The molecule has 5 nitrogen and oxygen atoms in total. The van der Waals surface area contributed by atoms with Crippen molar-refractivity contribution in [2.75, 3.05) is 7.11 Å². The number of hydrogen-bond donors (Lipinski definition) is 0. The number of fused-ring (bicyclic) bond motifs is 1. The van der Waals surface area contributed by atoms with E-state index < -0.39 is 0 Å². The quantitative estimate of drug-likeness (QED) is 0.385. The molecular formula is C24H20N4OS. The SMILES string of the molecule is COc1cccc(Cn2cc(Cc3ccc4nsnc4c3)c(-c3ccccc3)n2)c1. The molecule has 0 bridgehead atoms. The zero-order valence-corrected chi connectivity index (χ0v) is 17.3. The third-order valence-corrected chi connectivity index (χ3v) is 5.63. The van der Waals surface area contributed by atoms with Crippen molar-refractivity contribution in [2.24, 2.45) is 0 Å².